The molecule has 0 fully saturated rings. The number of hydrogen-bond acceptors (Lipinski definition) is 3. The number of Topliss-reactive ketones (excluding diaryl/α,β-unsaturated/α-hetero) is 1. The molecule has 1 aliphatic rings. The summed E-state index contributed by atoms with van der Waals surface area (Å²) in [6, 6.07) is 12.2. The van der Waals surface area contributed by atoms with Gasteiger partial charge in [-0.3, -0.25) is 9.59 Å². The molecule has 112 valence electrons. The number of carbonyl (C=O) groups excluding carboxylic acids is 2. The zero-order chi connectivity index (χ0) is 15.7. The summed E-state index contributed by atoms with van der Waals surface area (Å²) in [6.07, 6.45) is 0. The zero-order valence-corrected chi connectivity index (χ0v) is 12.7. The Bertz CT molecular complexity index is 757. The van der Waals surface area contributed by atoms with Crippen LogP contribution in [-0.2, 0) is 4.79 Å². The van der Waals surface area contributed by atoms with Crippen LogP contribution >= 0.6 is 11.6 Å². The van der Waals surface area contributed by atoms with Crippen molar-refractivity contribution in [1.82, 2.24) is 0 Å². The first kappa shape index (κ1) is 14.6. The van der Waals surface area contributed by atoms with Crippen molar-refractivity contribution in [2.75, 3.05) is 11.9 Å². The number of benzene rings is 2. The molecule has 1 aliphatic heterocycles. The molecule has 0 saturated carbocycles. The van der Waals surface area contributed by atoms with Crippen molar-refractivity contribution in [2.24, 2.45) is 0 Å². The highest BCUT2D eigenvalue weighted by Crippen LogP contribution is 2.32. The van der Waals surface area contributed by atoms with Gasteiger partial charge in [0.25, 0.3) is 0 Å². The summed E-state index contributed by atoms with van der Waals surface area (Å²) in [5.74, 6) is 0.0253. The predicted octanol–water partition coefficient (Wildman–Crippen LogP) is 3.66. The summed E-state index contributed by atoms with van der Waals surface area (Å²) in [5.41, 5.74) is 2.13. The van der Waals surface area contributed by atoms with E-state index in [0.717, 1.165) is 11.3 Å². The van der Waals surface area contributed by atoms with E-state index in [-0.39, 0.29) is 24.2 Å². The molecule has 1 heterocycles. The summed E-state index contributed by atoms with van der Waals surface area (Å²) < 4.78 is 5.46. The number of ether oxygens (including phenoxy) is 1. The van der Waals surface area contributed by atoms with Crippen LogP contribution in [0.1, 0.15) is 28.8 Å². The maximum absolute atomic E-state index is 12.2. The Hall–Kier alpha value is -2.33. The number of ketones is 1. The van der Waals surface area contributed by atoms with Crippen molar-refractivity contribution >= 4 is 29.0 Å². The van der Waals surface area contributed by atoms with Gasteiger partial charge in [0.05, 0.1) is 10.9 Å². The highest BCUT2D eigenvalue weighted by molar-refractivity contribution is 6.32. The molecular weight excluding hydrogens is 302 g/mol. The number of para-hydroxylation sites is 1. The normalized spacial score (nSPS) is 16.1. The summed E-state index contributed by atoms with van der Waals surface area (Å²) in [5, 5.41) is 3.25. The Kier molecular flexibility index (Phi) is 3.86. The van der Waals surface area contributed by atoms with Crippen LogP contribution in [0, 0.1) is 0 Å². The number of halogens is 1. The molecule has 0 aromatic heterocycles. The van der Waals surface area contributed by atoms with Crippen molar-refractivity contribution in [3.8, 4) is 5.75 Å². The Morgan fingerprint density at radius 3 is 2.82 bits per heavy atom. The second-order valence-corrected chi connectivity index (χ2v) is 5.56. The van der Waals surface area contributed by atoms with E-state index in [0.29, 0.717) is 16.3 Å². The van der Waals surface area contributed by atoms with E-state index in [1.807, 2.05) is 6.92 Å². The van der Waals surface area contributed by atoms with Gasteiger partial charge in [-0.25, -0.2) is 0 Å². The predicted molar refractivity (Wildman–Crippen MR) is 84.8 cm³/mol. The molecule has 0 unspecified atom stereocenters. The van der Waals surface area contributed by atoms with E-state index >= 15 is 0 Å². The molecule has 1 amide bonds. The fraction of sp³-hybridized carbons (Fsp3) is 0.176. The van der Waals surface area contributed by atoms with Gasteiger partial charge in [0.1, 0.15) is 5.75 Å². The van der Waals surface area contributed by atoms with Crippen LogP contribution in [0.5, 0.6) is 5.75 Å². The zero-order valence-electron chi connectivity index (χ0n) is 11.9. The van der Waals surface area contributed by atoms with E-state index in [1.54, 1.807) is 42.5 Å². The van der Waals surface area contributed by atoms with Crippen LogP contribution < -0.4 is 10.1 Å². The average molecular weight is 316 g/mol. The molecule has 0 bridgehead atoms. The van der Waals surface area contributed by atoms with Crippen LogP contribution in [0.25, 0.3) is 0 Å². The van der Waals surface area contributed by atoms with Gasteiger partial charge in [0.15, 0.2) is 12.4 Å². The molecule has 0 radical (unpaired) electrons. The molecule has 0 aliphatic carbocycles. The van der Waals surface area contributed by atoms with Crippen molar-refractivity contribution in [2.45, 2.75) is 12.8 Å². The third-order valence-corrected chi connectivity index (χ3v) is 4.00. The molecule has 1 N–H and O–H groups in total. The molecule has 2 aromatic carbocycles. The number of nitrogens with one attached hydrogen (secondary N) is 1. The Morgan fingerprint density at radius 1 is 1.27 bits per heavy atom. The molecular formula is C17H14ClNO3. The largest absolute Gasteiger partial charge is 0.484 e. The van der Waals surface area contributed by atoms with Crippen LogP contribution in [0.4, 0.5) is 5.69 Å². The highest BCUT2D eigenvalue weighted by atomic mass is 35.5. The van der Waals surface area contributed by atoms with Crippen molar-refractivity contribution in [1.29, 1.82) is 0 Å². The third kappa shape index (κ3) is 2.70. The summed E-state index contributed by atoms with van der Waals surface area (Å²) in [7, 11) is 0. The van der Waals surface area contributed by atoms with E-state index in [2.05, 4.69) is 5.32 Å². The van der Waals surface area contributed by atoms with Crippen molar-refractivity contribution < 1.29 is 14.3 Å². The number of hydrogen-bond donors (Lipinski definition) is 1. The lowest BCUT2D eigenvalue weighted by Gasteiger charge is -2.08. The Morgan fingerprint density at radius 2 is 2.05 bits per heavy atom. The number of rotatable bonds is 4. The Balaban J connectivity index is 1.74. The first-order chi connectivity index (χ1) is 10.6. The summed E-state index contributed by atoms with van der Waals surface area (Å²) >= 11 is 5.98. The van der Waals surface area contributed by atoms with E-state index in [9.17, 15) is 9.59 Å². The maximum atomic E-state index is 12.2. The molecule has 2 aromatic rings. The standard InChI is InChI=1S/C17H14ClNO3/c1-10-12-8-11(6-7-14(12)19-17(10)21)15(20)9-22-16-5-3-2-4-13(16)18/h2-8,10H,9H2,1H3,(H,19,21)/t10-/m0/s1. The van der Waals surface area contributed by atoms with Gasteiger partial charge in [-0.05, 0) is 42.8 Å². The topological polar surface area (TPSA) is 55.4 Å². The van der Waals surface area contributed by atoms with Crippen LogP contribution in [0.3, 0.4) is 0 Å². The minimum absolute atomic E-state index is 0.0492. The van der Waals surface area contributed by atoms with Crippen LogP contribution in [0.2, 0.25) is 5.02 Å². The SMILES string of the molecule is C[C@@H]1C(=O)Nc2ccc(C(=O)COc3ccccc3Cl)cc21. The van der Waals surface area contributed by atoms with E-state index in [4.69, 9.17) is 16.3 Å². The molecule has 0 spiro atoms. The van der Waals surface area contributed by atoms with Crippen LogP contribution in [-0.4, -0.2) is 18.3 Å². The monoisotopic (exact) mass is 315 g/mol. The van der Waals surface area contributed by atoms with E-state index < -0.39 is 0 Å². The number of anilines is 1. The summed E-state index contributed by atoms with van der Waals surface area (Å²) in [6.45, 7) is 1.72. The molecule has 0 saturated heterocycles. The quantitative estimate of drug-likeness (QED) is 0.876. The smallest absolute Gasteiger partial charge is 0.231 e. The molecule has 22 heavy (non-hydrogen) atoms. The lowest BCUT2D eigenvalue weighted by atomic mass is 9.99. The van der Waals surface area contributed by atoms with Gasteiger partial charge in [0, 0.05) is 11.3 Å². The van der Waals surface area contributed by atoms with Gasteiger partial charge < -0.3 is 10.1 Å². The first-order valence-electron chi connectivity index (χ1n) is 6.91. The number of amides is 1. The van der Waals surface area contributed by atoms with Gasteiger partial charge in [-0.1, -0.05) is 23.7 Å². The van der Waals surface area contributed by atoms with E-state index in [1.165, 1.54) is 0 Å². The first-order valence-corrected chi connectivity index (χ1v) is 7.29. The second-order valence-electron chi connectivity index (χ2n) is 5.16. The maximum Gasteiger partial charge on any atom is 0.231 e. The number of fused-ring (bicyclic) bond motifs is 1. The molecule has 5 heteroatoms. The summed E-state index contributed by atoms with van der Waals surface area (Å²) in [4.78, 5) is 23.9. The Labute approximate surface area is 133 Å². The number of carbonyl (C=O) groups is 2. The van der Waals surface area contributed by atoms with Crippen LogP contribution in [0.15, 0.2) is 42.5 Å². The third-order valence-electron chi connectivity index (χ3n) is 3.69. The van der Waals surface area contributed by atoms with Gasteiger partial charge in [-0.15, -0.1) is 0 Å². The minimum atomic E-state index is -0.243. The fourth-order valence-corrected chi connectivity index (χ4v) is 2.57. The lowest BCUT2D eigenvalue weighted by Crippen LogP contribution is -2.12. The van der Waals surface area contributed by atoms with Crippen molar-refractivity contribution in [3.05, 3.63) is 58.6 Å². The fourth-order valence-electron chi connectivity index (χ4n) is 2.38. The van der Waals surface area contributed by atoms with Gasteiger partial charge >= 0.3 is 0 Å². The lowest BCUT2D eigenvalue weighted by molar-refractivity contribution is -0.116. The molecule has 1 atom stereocenters. The molecule has 3 rings (SSSR count). The molecule has 4 nitrogen and oxygen atoms in total. The second kappa shape index (κ2) is 5.81. The van der Waals surface area contributed by atoms with Gasteiger partial charge in [0.2, 0.25) is 5.91 Å². The minimum Gasteiger partial charge on any atom is -0.484 e. The van der Waals surface area contributed by atoms with Crippen molar-refractivity contribution in [3.63, 3.8) is 0 Å². The average Bonchev–Trinajstić information content (AvgIpc) is 2.81. The highest BCUT2D eigenvalue weighted by Gasteiger charge is 2.27. The van der Waals surface area contributed by atoms with Gasteiger partial charge in [-0.2, -0.15) is 0 Å².